The summed E-state index contributed by atoms with van der Waals surface area (Å²) in [7, 11) is -9.91. The van der Waals surface area contributed by atoms with E-state index >= 15 is 0 Å². The van der Waals surface area contributed by atoms with Crippen LogP contribution in [0.25, 0.3) is 0 Å². The number of phosphoric ester groups is 2. The Morgan fingerprint density at radius 1 is 0.272 bits per heavy atom. The van der Waals surface area contributed by atoms with Gasteiger partial charge in [0.15, 0.2) is 12.2 Å². The molecule has 0 radical (unpaired) electrons. The molecule has 0 aliphatic carbocycles. The van der Waals surface area contributed by atoms with E-state index in [0.717, 1.165) is 108 Å². The van der Waals surface area contributed by atoms with E-state index in [4.69, 9.17) is 37.0 Å². The molecule has 0 bridgehead atoms. The van der Waals surface area contributed by atoms with Crippen LogP contribution in [0.5, 0.6) is 0 Å². The second-order valence-corrected chi connectivity index (χ2v) is 31.1. The lowest BCUT2D eigenvalue weighted by atomic mass is 10.0. The smallest absolute Gasteiger partial charge is 0.462 e. The number of phosphoric acid groups is 2. The number of carbonyl (C=O) groups is 4. The summed E-state index contributed by atoms with van der Waals surface area (Å²) in [6.45, 7) is 14.1. The SMILES string of the molecule is CC(C)CCCCCCCCCCCCCCCCC(=O)OC[C@H](COP(=O)(O)OCC(O)COP(=O)(O)OC[C@@H](COC(=O)CCCCCCCCCC(C)C)OC(=O)CCCCCCCCCCCCCCC(C)C)OC(=O)CCCCCCCCCC(C)C. The molecule has 0 heterocycles. The van der Waals surface area contributed by atoms with Gasteiger partial charge in [0.2, 0.25) is 0 Å². The van der Waals surface area contributed by atoms with Crippen LogP contribution in [0.2, 0.25) is 0 Å². The van der Waals surface area contributed by atoms with Crippen LogP contribution in [0.1, 0.15) is 364 Å². The molecule has 5 atom stereocenters. The number of esters is 4. The minimum atomic E-state index is -4.95. The third-order valence-corrected chi connectivity index (χ3v) is 18.7. The maximum Gasteiger partial charge on any atom is 0.472 e. The van der Waals surface area contributed by atoms with E-state index in [0.29, 0.717) is 37.5 Å². The number of rotatable bonds is 70. The van der Waals surface area contributed by atoms with Crippen molar-refractivity contribution in [2.75, 3.05) is 39.6 Å². The van der Waals surface area contributed by atoms with Crippen molar-refractivity contribution in [2.45, 2.75) is 382 Å². The number of hydrogen-bond acceptors (Lipinski definition) is 15. The predicted octanol–water partition coefficient (Wildman–Crippen LogP) is 20.9. The first-order valence-electron chi connectivity index (χ1n) is 37.7. The highest BCUT2D eigenvalue weighted by Gasteiger charge is 2.30. The zero-order valence-electron chi connectivity index (χ0n) is 60.2. The standard InChI is InChI=1S/C73H142O17P2/c1-63(2)49-41-33-25-19-15-11-9-10-12-17-21-29-37-45-53-70(75)83-59-69(90-73(78)56-48-40-32-24-28-36-44-52-66(7)8)62-88-92(81,82)86-58-67(74)57-85-91(79,80)87-61-68(60-84-71(76)54-46-38-31-23-27-35-43-51-65(5)6)89-72(77)55-47-39-30-22-18-14-13-16-20-26-34-42-50-64(3)4/h63-69,74H,9-62H2,1-8H3,(H,79,80)(H,81,82)/t67?,68-,69-/m1/s1. The Bertz CT molecular complexity index is 1820. The number of unbranched alkanes of at least 4 members (excludes halogenated alkanes) is 36. The molecule has 0 aromatic heterocycles. The van der Waals surface area contributed by atoms with Crippen LogP contribution >= 0.6 is 15.6 Å². The van der Waals surface area contributed by atoms with Crippen molar-refractivity contribution in [1.29, 1.82) is 0 Å². The van der Waals surface area contributed by atoms with Gasteiger partial charge in [-0.3, -0.25) is 37.3 Å². The summed E-state index contributed by atoms with van der Waals surface area (Å²) in [5.74, 6) is 0.849. The van der Waals surface area contributed by atoms with E-state index < -0.39 is 97.5 Å². The van der Waals surface area contributed by atoms with Crippen LogP contribution in [-0.4, -0.2) is 96.7 Å². The highest BCUT2D eigenvalue weighted by Crippen LogP contribution is 2.45. The Hall–Kier alpha value is -1.94. The molecular formula is C73H142O17P2. The molecule has 0 rings (SSSR count). The van der Waals surface area contributed by atoms with E-state index in [1.54, 1.807) is 0 Å². The van der Waals surface area contributed by atoms with Gasteiger partial charge < -0.3 is 33.8 Å². The number of carbonyl (C=O) groups excluding carboxylic acids is 4. The molecule has 0 aliphatic heterocycles. The zero-order chi connectivity index (χ0) is 68.2. The van der Waals surface area contributed by atoms with Gasteiger partial charge in [-0.05, 0) is 49.4 Å². The molecule has 546 valence electrons. The Morgan fingerprint density at radius 3 is 0.674 bits per heavy atom. The molecule has 0 saturated carbocycles. The summed E-state index contributed by atoms with van der Waals surface area (Å²) in [4.78, 5) is 72.6. The molecule has 3 N–H and O–H groups in total. The van der Waals surface area contributed by atoms with E-state index in [1.165, 1.54) is 161 Å². The molecule has 0 aromatic carbocycles. The Morgan fingerprint density at radius 2 is 0.457 bits per heavy atom. The molecule has 0 aliphatic rings. The second-order valence-electron chi connectivity index (χ2n) is 28.2. The van der Waals surface area contributed by atoms with E-state index in [9.17, 15) is 43.2 Å². The maximum absolute atomic E-state index is 13.0. The first-order valence-corrected chi connectivity index (χ1v) is 40.7. The summed E-state index contributed by atoms with van der Waals surface area (Å²) in [5, 5.41) is 10.6. The molecule has 0 amide bonds. The van der Waals surface area contributed by atoms with Crippen LogP contribution < -0.4 is 0 Å². The van der Waals surface area contributed by atoms with Gasteiger partial charge >= 0.3 is 39.5 Å². The maximum atomic E-state index is 13.0. The Balaban J connectivity index is 5.20. The molecule has 0 spiro atoms. The number of ether oxygens (including phenoxy) is 4. The van der Waals surface area contributed by atoms with Gasteiger partial charge in [0.05, 0.1) is 26.4 Å². The zero-order valence-corrected chi connectivity index (χ0v) is 62.0. The average molecular weight is 1350 g/mol. The normalized spacial score (nSPS) is 14.2. The van der Waals surface area contributed by atoms with Crippen molar-refractivity contribution in [2.24, 2.45) is 23.7 Å². The summed E-state index contributed by atoms with van der Waals surface area (Å²) in [6.07, 6.45) is 46.0. The van der Waals surface area contributed by atoms with E-state index in [2.05, 4.69) is 55.4 Å². The molecule has 3 unspecified atom stereocenters. The third-order valence-electron chi connectivity index (χ3n) is 16.8. The fourth-order valence-corrected chi connectivity index (χ4v) is 12.6. The molecular weight excluding hydrogens is 1210 g/mol. The van der Waals surface area contributed by atoms with Gasteiger partial charge in [-0.2, -0.15) is 0 Å². The summed E-state index contributed by atoms with van der Waals surface area (Å²) in [6, 6.07) is 0. The fraction of sp³-hybridized carbons (Fsp3) is 0.945. The Labute approximate surface area is 562 Å². The number of hydrogen-bond donors (Lipinski definition) is 3. The van der Waals surface area contributed by atoms with Gasteiger partial charge in [0.1, 0.15) is 19.3 Å². The van der Waals surface area contributed by atoms with E-state index in [-0.39, 0.29) is 25.7 Å². The second kappa shape index (κ2) is 62.6. The molecule has 17 nitrogen and oxygen atoms in total. The summed E-state index contributed by atoms with van der Waals surface area (Å²) in [5.41, 5.74) is 0. The molecule has 92 heavy (non-hydrogen) atoms. The van der Waals surface area contributed by atoms with Crippen molar-refractivity contribution in [3.05, 3.63) is 0 Å². The van der Waals surface area contributed by atoms with Gasteiger partial charge in [-0.25, -0.2) is 9.13 Å². The molecule has 19 heteroatoms. The van der Waals surface area contributed by atoms with Crippen LogP contribution in [0.4, 0.5) is 0 Å². The average Bonchev–Trinajstić information content (AvgIpc) is 2.43. The lowest BCUT2D eigenvalue weighted by molar-refractivity contribution is -0.161. The largest absolute Gasteiger partial charge is 0.472 e. The fourth-order valence-electron chi connectivity index (χ4n) is 11.0. The first-order chi connectivity index (χ1) is 44.1. The highest BCUT2D eigenvalue weighted by atomic mass is 31.2. The van der Waals surface area contributed by atoms with Gasteiger partial charge in [0.25, 0.3) is 0 Å². The summed E-state index contributed by atoms with van der Waals surface area (Å²) < 4.78 is 68.4. The number of aliphatic hydroxyl groups is 1. The van der Waals surface area contributed by atoms with Crippen LogP contribution in [0.3, 0.4) is 0 Å². The van der Waals surface area contributed by atoms with E-state index in [1.807, 2.05) is 0 Å². The van der Waals surface area contributed by atoms with Crippen LogP contribution in [-0.2, 0) is 65.4 Å². The van der Waals surface area contributed by atoms with Gasteiger partial charge in [-0.1, -0.05) is 312 Å². The lowest BCUT2D eigenvalue weighted by Crippen LogP contribution is -2.30. The van der Waals surface area contributed by atoms with Gasteiger partial charge in [0, 0.05) is 25.7 Å². The minimum Gasteiger partial charge on any atom is -0.462 e. The Kier molecular flexibility index (Phi) is 61.3. The molecule has 0 saturated heterocycles. The lowest BCUT2D eigenvalue weighted by Gasteiger charge is -2.21. The quantitative estimate of drug-likeness (QED) is 0.0222. The van der Waals surface area contributed by atoms with Crippen molar-refractivity contribution >= 4 is 39.5 Å². The summed E-state index contributed by atoms with van der Waals surface area (Å²) >= 11 is 0. The van der Waals surface area contributed by atoms with Crippen LogP contribution in [0, 0.1) is 23.7 Å². The van der Waals surface area contributed by atoms with Crippen molar-refractivity contribution in [1.82, 2.24) is 0 Å². The highest BCUT2D eigenvalue weighted by molar-refractivity contribution is 7.47. The van der Waals surface area contributed by atoms with Crippen molar-refractivity contribution in [3.8, 4) is 0 Å². The molecule has 0 fully saturated rings. The van der Waals surface area contributed by atoms with Crippen molar-refractivity contribution < 1.29 is 80.2 Å². The minimum absolute atomic E-state index is 0.103. The number of aliphatic hydroxyl groups excluding tert-OH is 1. The monoisotopic (exact) mass is 1350 g/mol. The van der Waals surface area contributed by atoms with Crippen LogP contribution in [0.15, 0.2) is 0 Å². The predicted molar refractivity (Wildman–Crippen MR) is 372 cm³/mol. The third kappa shape index (κ3) is 66.7. The van der Waals surface area contributed by atoms with Crippen molar-refractivity contribution in [3.63, 3.8) is 0 Å². The first kappa shape index (κ1) is 90.1. The molecule has 0 aromatic rings. The topological polar surface area (TPSA) is 237 Å². The van der Waals surface area contributed by atoms with Gasteiger partial charge in [-0.15, -0.1) is 0 Å².